The van der Waals surface area contributed by atoms with E-state index in [-0.39, 0.29) is 17.9 Å². The Kier molecular flexibility index (Phi) is 7.28. The highest BCUT2D eigenvalue weighted by Gasteiger charge is 2.31. The van der Waals surface area contributed by atoms with E-state index in [9.17, 15) is 13.6 Å². The molecule has 1 saturated carbocycles. The van der Waals surface area contributed by atoms with Gasteiger partial charge in [-0.05, 0) is 62.3 Å². The third-order valence-electron chi connectivity index (χ3n) is 6.71. The van der Waals surface area contributed by atoms with Crippen molar-refractivity contribution in [2.45, 2.75) is 57.5 Å². The Morgan fingerprint density at radius 1 is 1.10 bits per heavy atom. The van der Waals surface area contributed by atoms with E-state index in [0.29, 0.717) is 31.0 Å². The maximum atomic E-state index is 14.2. The van der Waals surface area contributed by atoms with Crippen LogP contribution >= 0.6 is 0 Å². The van der Waals surface area contributed by atoms with Crippen molar-refractivity contribution >= 4 is 5.91 Å². The van der Waals surface area contributed by atoms with E-state index in [1.807, 2.05) is 18.2 Å². The molecule has 1 aliphatic heterocycles. The van der Waals surface area contributed by atoms with E-state index in [2.05, 4.69) is 15.2 Å². The summed E-state index contributed by atoms with van der Waals surface area (Å²) in [4.78, 5) is 19.5. The molecule has 0 spiro atoms. The molecule has 0 bridgehead atoms. The topological polar surface area (TPSA) is 45.2 Å². The molecular weight excluding hydrogens is 396 g/mol. The molecule has 4 nitrogen and oxygen atoms in total. The number of nitrogens with zero attached hydrogens (tertiary/aromatic N) is 2. The average molecular weight is 428 g/mol. The van der Waals surface area contributed by atoms with Crippen molar-refractivity contribution in [1.82, 2.24) is 15.2 Å². The minimum absolute atomic E-state index is 0.0934. The molecule has 2 aliphatic rings. The first-order valence-corrected chi connectivity index (χ1v) is 11.5. The molecule has 1 aliphatic carbocycles. The van der Waals surface area contributed by atoms with Gasteiger partial charge in [0, 0.05) is 31.3 Å². The number of benzene rings is 1. The van der Waals surface area contributed by atoms with Crippen LogP contribution in [0.3, 0.4) is 0 Å². The monoisotopic (exact) mass is 427 g/mol. The van der Waals surface area contributed by atoms with Crippen molar-refractivity contribution in [1.29, 1.82) is 0 Å². The van der Waals surface area contributed by atoms with E-state index in [1.165, 1.54) is 12.8 Å². The highest BCUT2D eigenvalue weighted by molar-refractivity contribution is 5.76. The first-order valence-electron chi connectivity index (χ1n) is 11.5. The van der Waals surface area contributed by atoms with Gasteiger partial charge in [0.05, 0.1) is 11.7 Å². The first-order chi connectivity index (χ1) is 15.1. The molecule has 166 valence electrons. The minimum atomic E-state index is -0.809. The van der Waals surface area contributed by atoms with Crippen molar-refractivity contribution in [3.8, 4) is 0 Å². The van der Waals surface area contributed by atoms with Gasteiger partial charge < -0.3 is 5.32 Å². The molecule has 31 heavy (non-hydrogen) atoms. The van der Waals surface area contributed by atoms with E-state index >= 15 is 0 Å². The smallest absolute Gasteiger partial charge is 0.220 e. The summed E-state index contributed by atoms with van der Waals surface area (Å²) in [5.74, 6) is -0.820. The van der Waals surface area contributed by atoms with E-state index < -0.39 is 11.6 Å². The lowest BCUT2D eigenvalue weighted by Gasteiger charge is -2.37. The van der Waals surface area contributed by atoms with Gasteiger partial charge in [-0.15, -0.1) is 0 Å². The van der Waals surface area contributed by atoms with Crippen LogP contribution in [-0.2, 0) is 11.3 Å². The Bertz CT molecular complexity index is 870. The summed E-state index contributed by atoms with van der Waals surface area (Å²) in [6, 6.07) is 9.95. The van der Waals surface area contributed by atoms with Gasteiger partial charge in [-0.3, -0.25) is 14.7 Å². The van der Waals surface area contributed by atoms with E-state index in [1.54, 1.807) is 18.3 Å². The fourth-order valence-corrected chi connectivity index (χ4v) is 5.12. The van der Waals surface area contributed by atoms with Gasteiger partial charge in [0.1, 0.15) is 0 Å². The Morgan fingerprint density at radius 2 is 1.94 bits per heavy atom. The van der Waals surface area contributed by atoms with Gasteiger partial charge in [0.2, 0.25) is 5.91 Å². The number of carbonyl (C=O) groups excluding carboxylic acids is 1. The number of piperidine rings is 1. The molecule has 2 aromatic rings. The molecule has 6 heteroatoms. The van der Waals surface area contributed by atoms with Crippen molar-refractivity contribution in [3.05, 3.63) is 65.5 Å². The number of pyridine rings is 1. The number of likely N-dealkylation sites (tertiary alicyclic amines) is 1. The number of halogens is 2. The minimum Gasteiger partial charge on any atom is -0.347 e. The number of rotatable bonds is 7. The molecule has 2 atom stereocenters. The molecule has 2 fully saturated rings. The Hall–Kier alpha value is -2.34. The first kappa shape index (κ1) is 21.9. The number of amides is 1. The number of hydrogen-bond donors (Lipinski definition) is 1. The van der Waals surface area contributed by atoms with Crippen LogP contribution in [0.2, 0.25) is 0 Å². The van der Waals surface area contributed by atoms with Gasteiger partial charge in [-0.1, -0.05) is 31.0 Å². The zero-order valence-corrected chi connectivity index (χ0v) is 17.9. The Balaban J connectivity index is 1.46. The summed E-state index contributed by atoms with van der Waals surface area (Å²) in [7, 11) is 0. The molecule has 1 N–H and O–H groups in total. The molecule has 4 rings (SSSR count). The summed E-state index contributed by atoms with van der Waals surface area (Å²) in [5, 5.41) is 3.27. The molecule has 0 unspecified atom stereocenters. The average Bonchev–Trinajstić information content (AvgIpc) is 3.29. The molecular formula is C25H31F2N3O. The zero-order valence-electron chi connectivity index (χ0n) is 17.9. The lowest BCUT2D eigenvalue weighted by atomic mass is 9.87. The number of aromatic nitrogens is 1. The summed E-state index contributed by atoms with van der Waals surface area (Å²) >= 11 is 0. The maximum Gasteiger partial charge on any atom is 0.220 e. The van der Waals surface area contributed by atoms with E-state index in [4.69, 9.17) is 0 Å². The zero-order chi connectivity index (χ0) is 21.6. The predicted octanol–water partition coefficient (Wildman–Crippen LogP) is 5.01. The standard InChI is InChI=1S/C25H31F2N3O/c26-21-11-5-9-19(24(21)27)16-30-14-6-10-20(17-30)25(22-12-3-4-13-28-22)29-23(31)15-18-7-1-2-8-18/h3-5,9,11-13,18,20,25H,1-2,6-8,10,14-17H2,(H,29,31)/t20-,25+/m1/s1. The van der Waals surface area contributed by atoms with Crippen LogP contribution in [0.4, 0.5) is 8.78 Å². The number of carbonyl (C=O) groups is 1. The second-order valence-corrected chi connectivity index (χ2v) is 9.00. The fourth-order valence-electron chi connectivity index (χ4n) is 5.12. The second-order valence-electron chi connectivity index (χ2n) is 9.00. The van der Waals surface area contributed by atoms with Crippen LogP contribution in [0.5, 0.6) is 0 Å². The summed E-state index contributed by atoms with van der Waals surface area (Å²) in [5.41, 5.74) is 1.24. The van der Waals surface area contributed by atoms with Gasteiger partial charge >= 0.3 is 0 Å². The van der Waals surface area contributed by atoms with Gasteiger partial charge in [0.15, 0.2) is 11.6 Å². The van der Waals surface area contributed by atoms with Crippen LogP contribution in [0, 0.1) is 23.5 Å². The third kappa shape index (κ3) is 5.67. The van der Waals surface area contributed by atoms with Gasteiger partial charge in [-0.25, -0.2) is 8.78 Å². The normalized spacial score (nSPS) is 21.2. The van der Waals surface area contributed by atoms with Crippen LogP contribution < -0.4 is 5.32 Å². The Labute approximate surface area is 183 Å². The fraction of sp³-hybridized carbons (Fsp3) is 0.520. The van der Waals surface area contributed by atoms with Crippen LogP contribution in [0.25, 0.3) is 0 Å². The Morgan fingerprint density at radius 3 is 2.71 bits per heavy atom. The van der Waals surface area contributed by atoms with E-state index in [0.717, 1.165) is 44.0 Å². The molecule has 1 saturated heterocycles. The molecule has 0 radical (unpaired) electrons. The van der Waals surface area contributed by atoms with Crippen molar-refractivity contribution in [2.24, 2.45) is 11.8 Å². The van der Waals surface area contributed by atoms with Crippen LogP contribution in [0.15, 0.2) is 42.6 Å². The molecule has 2 heterocycles. The summed E-state index contributed by atoms with van der Waals surface area (Å²) in [6.45, 7) is 1.91. The summed E-state index contributed by atoms with van der Waals surface area (Å²) < 4.78 is 27.8. The van der Waals surface area contributed by atoms with Crippen LogP contribution in [-0.4, -0.2) is 28.9 Å². The quantitative estimate of drug-likeness (QED) is 0.676. The number of hydrogen-bond acceptors (Lipinski definition) is 3. The van der Waals surface area contributed by atoms with Crippen molar-refractivity contribution < 1.29 is 13.6 Å². The lowest BCUT2D eigenvalue weighted by Crippen LogP contribution is -2.43. The van der Waals surface area contributed by atoms with Crippen molar-refractivity contribution in [3.63, 3.8) is 0 Å². The molecule has 1 amide bonds. The molecule has 1 aromatic heterocycles. The van der Waals surface area contributed by atoms with Gasteiger partial charge in [-0.2, -0.15) is 0 Å². The lowest BCUT2D eigenvalue weighted by molar-refractivity contribution is -0.123. The highest BCUT2D eigenvalue weighted by Crippen LogP contribution is 2.32. The molecule has 1 aromatic carbocycles. The highest BCUT2D eigenvalue weighted by atomic mass is 19.2. The number of nitrogens with one attached hydrogen (secondary N) is 1. The van der Waals surface area contributed by atoms with Crippen molar-refractivity contribution in [2.75, 3.05) is 13.1 Å². The SMILES string of the molecule is O=C(CC1CCCC1)N[C@H](c1ccccn1)[C@@H]1CCCN(Cc2cccc(F)c2F)C1. The maximum absolute atomic E-state index is 14.2. The summed E-state index contributed by atoms with van der Waals surface area (Å²) in [6.07, 6.45) is 8.96. The van der Waals surface area contributed by atoms with Crippen LogP contribution in [0.1, 0.15) is 62.2 Å². The van der Waals surface area contributed by atoms with Gasteiger partial charge in [0.25, 0.3) is 0 Å². The largest absolute Gasteiger partial charge is 0.347 e. The third-order valence-corrected chi connectivity index (χ3v) is 6.71. The predicted molar refractivity (Wildman–Crippen MR) is 116 cm³/mol. The second kappa shape index (κ2) is 10.3.